The molecule has 33 heavy (non-hydrogen) atoms. The number of nitrogens with two attached hydrogens (primary N) is 1. The molecule has 0 spiro atoms. The second-order valence-corrected chi connectivity index (χ2v) is 8.52. The zero-order valence-electron chi connectivity index (χ0n) is 18.4. The molecule has 1 unspecified atom stereocenters. The third kappa shape index (κ3) is 5.88. The summed E-state index contributed by atoms with van der Waals surface area (Å²) in [6.45, 7) is 2.15. The molecule has 1 atom stereocenters. The van der Waals surface area contributed by atoms with E-state index in [1.54, 1.807) is 12.0 Å². The van der Waals surface area contributed by atoms with Gasteiger partial charge in [0.05, 0.1) is 23.1 Å². The highest BCUT2D eigenvalue weighted by Crippen LogP contribution is 2.31. The van der Waals surface area contributed by atoms with Crippen LogP contribution in [0.2, 0.25) is 5.02 Å². The molecule has 2 aromatic rings. The molecule has 1 fully saturated rings. The Morgan fingerprint density at radius 1 is 1.33 bits per heavy atom. The zero-order chi connectivity index (χ0) is 24.1. The van der Waals surface area contributed by atoms with Crippen LogP contribution in [0.5, 0.6) is 0 Å². The van der Waals surface area contributed by atoms with Gasteiger partial charge >= 0.3 is 0 Å². The Balaban J connectivity index is 1.69. The number of methoxy groups -OCH3 is 1. The van der Waals surface area contributed by atoms with Gasteiger partial charge in [0, 0.05) is 25.6 Å². The van der Waals surface area contributed by atoms with Gasteiger partial charge in [0.15, 0.2) is 5.69 Å². The number of nitrogens with zero attached hydrogens (tertiary/aromatic N) is 2. The summed E-state index contributed by atoms with van der Waals surface area (Å²) in [5, 5.41) is 2.89. The molecule has 0 aliphatic heterocycles. The summed E-state index contributed by atoms with van der Waals surface area (Å²) in [4.78, 5) is 45.9. The van der Waals surface area contributed by atoms with E-state index >= 15 is 0 Å². The van der Waals surface area contributed by atoms with Gasteiger partial charge in [-0.1, -0.05) is 11.6 Å². The summed E-state index contributed by atoms with van der Waals surface area (Å²) >= 11 is 6.01. The molecule has 178 valence electrons. The van der Waals surface area contributed by atoms with Gasteiger partial charge in [0.2, 0.25) is 5.91 Å². The number of H-pyrrole nitrogens is 1. The van der Waals surface area contributed by atoms with E-state index in [0.29, 0.717) is 37.9 Å². The van der Waals surface area contributed by atoms with E-state index in [2.05, 4.69) is 15.3 Å². The van der Waals surface area contributed by atoms with E-state index in [9.17, 15) is 18.8 Å². The summed E-state index contributed by atoms with van der Waals surface area (Å²) < 4.78 is 18.6. The summed E-state index contributed by atoms with van der Waals surface area (Å²) in [6.07, 6.45) is 3.27. The zero-order valence-corrected chi connectivity index (χ0v) is 19.2. The first-order valence-electron chi connectivity index (χ1n) is 10.6. The third-order valence-corrected chi connectivity index (χ3v) is 6.21. The molecule has 1 aliphatic rings. The maximum Gasteiger partial charge on any atom is 0.273 e. The number of hydrogen-bond acceptors (Lipinski definition) is 5. The number of nitrogens with one attached hydrogen (secondary N) is 2. The molecule has 9 nitrogen and oxygen atoms in total. The fourth-order valence-corrected chi connectivity index (χ4v) is 4.23. The maximum atomic E-state index is 13.3. The van der Waals surface area contributed by atoms with Crippen LogP contribution in [0.3, 0.4) is 0 Å². The SMILES string of the molecule is COC(C)CN(C(=O)c1[nH]cnc1C(N)=O)C1CCC(C(=O)Nc2ccc(F)cc2Cl)CC1. The summed E-state index contributed by atoms with van der Waals surface area (Å²) in [6, 6.07) is 3.64. The number of carbonyl (C=O) groups is 3. The van der Waals surface area contributed by atoms with Crippen LogP contribution < -0.4 is 11.1 Å². The molecule has 1 saturated carbocycles. The van der Waals surface area contributed by atoms with Crippen molar-refractivity contribution in [3.63, 3.8) is 0 Å². The highest BCUT2D eigenvalue weighted by Gasteiger charge is 2.34. The lowest BCUT2D eigenvalue weighted by atomic mass is 9.84. The lowest BCUT2D eigenvalue weighted by Crippen LogP contribution is -2.47. The first-order chi connectivity index (χ1) is 15.7. The van der Waals surface area contributed by atoms with Crippen LogP contribution in [0.4, 0.5) is 10.1 Å². The number of aromatic nitrogens is 2. The first kappa shape index (κ1) is 24.7. The van der Waals surface area contributed by atoms with Gasteiger partial charge in [-0.05, 0) is 50.8 Å². The van der Waals surface area contributed by atoms with Gasteiger partial charge < -0.3 is 25.7 Å². The molecule has 1 aliphatic carbocycles. The number of hydrogen-bond donors (Lipinski definition) is 3. The minimum absolute atomic E-state index is 0.0385. The van der Waals surface area contributed by atoms with Crippen LogP contribution in [-0.4, -0.2) is 58.4 Å². The normalized spacial score (nSPS) is 19.0. The number of aromatic amines is 1. The number of imidazole rings is 1. The number of rotatable bonds is 8. The number of anilines is 1. The van der Waals surface area contributed by atoms with E-state index in [1.165, 1.54) is 18.5 Å². The fourth-order valence-electron chi connectivity index (χ4n) is 4.01. The Morgan fingerprint density at radius 2 is 2.03 bits per heavy atom. The van der Waals surface area contributed by atoms with E-state index in [0.717, 1.165) is 6.07 Å². The molecule has 4 N–H and O–H groups in total. The molecule has 0 radical (unpaired) electrons. The monoisotopic (exact) mass is 479 g/mol. The predicted octanol–water partition coefficient (Wildman–Crippen LogP) is 2.98. The standard InChI is InChI=1S/C22H27ClFN5O4/c1-12(33-2)10-29(22(32)19-18(20(25)30)26-11-27-19)15-6-3-13(4-7-15)21(31)28-17-8-5-14(24)9-16(17)23/h5,8-9,11-13,15H,3-4,6-7,10H2,1-2H3,(H2,25,30)(H,26,27)(H,28,31). The average Bonchev–Trinajstić information content (AvgIpc) is 3.29. The van der Waals surface area contributed by atoms with Crippen molar-refractivity contribution >= 4 is 35.0 Å². The number of amides is 3. The highest BCUT2D eigenvalue weighted by atomic mass is 35.5. The van der Waals surface area contributed by atoms with Gasteiger partial charge in [0.1, 0.15) is 11.5 Å². The second kappa shape index (κ2) is 10.8. The molecular weight excluding hydrogens is 453 g/mol. The molecule has 0 bridgehead atoms. The topological polar surface area (TPSA) is 130 Å². The molecule has 1 heterocycles. The predicted molar refractivity (Wildman–Crippen MR) is 120 cm³/mol. The van der Waals surface area contributed by atoms with Gasteiger partial charge in [0.25, 0.3) is 11.8 Å². The first-order valence-corrected chi connectivity index (χ1v) is 11.0. The lowest BCUT2D eigenvalue weighted by molar-refractivity contribution is -0.121. The van der Waals surface area contributed by atoms with Crippen LogP contribution >= 0.6 is 11.6 Å². The molecule has 3 rings (SSSR count). The summed E-state index contributed by atoms with van der Waals surface area (Å²) in [5.41, 5.74) is 5.63. The molecule has 1 aromatic carbocycles. The summed E-state index contributed by atoms with van der Waals surface area (Å²) in [5.74, 6) is -2.14. The quantitative estimate of drug-likeness (QED) is 0.535. The minimum atomic E-state index is -0.792. The smallest absolute Gasteiger partial charge is 0.273 e. The Hall–Kier alpha value is -2.98. The average molecular weight is 480 g/mol. The van der Waals surface area contributed by atoms with Crippen LogP contribution in [-0.2, 0) is 9.53 Å². The van der Waals surface area contributed by atoms with Gasteiger partial charge in [-0.15, -0.1) is 0 Å². The molecule has 11 heteroatoms. The molecule has 3 amide bonds. The van der Waals surface area contributed by atoms with Crippen molar-refractivity contribution in [1.29, 1.82) is 0 Å². The van der Waals surface area contributed by atoms with Crippen LogP contribution in [0.15, 0.2) is 24.5 Å². The number of carbonyl (C=O) groups excluding carboxylic acids is 3. The van der Waals surface area contributed by atoms with Gasteiger partial charge in [-0.3, -0.25) is 14.4 Å². The molecular formula is C22H27ClFN5O4. The fraction of sp³-hybridized carbons (Fsp3) is 0.455. The number of halogens is 2. The molecule has 1 aromatic heterocycles. The van der Waals surface area contributed by atoms with Crippen molar-refractivity contribution in [2.75, 3.05) is 19.0 Å². The maximum absolute atomic E-state index is 13.3. The largest absolute Gasteiger partial charge is 0.380 e. The number of primary amides is 1. The Bertz CT molecular complexity index is 1020. The second-order valence-electron chi connectivity index (χ2n) is 8.11. The Morgan fingerprint density at radius 3 is 2.64 bits per heavy atom. The van der Waals surface area contributed by atoms with Gasteiger partial charge in [-0.25, -0.2) is 9.37 Å². The van der Waals surface area contributed by atoms with Crippen molar-refractivity contribution in [2.45, 2.75) is 44.8 Å². The van der Waals surface area contributed by atoms with Crippen molar-refractivity contribution in [3.8, 4) is 0 Å². The lowest BCUT2D eigenvalue weighted by Gasteiger charge is -2.37. The molecule has 0 saturated heterocycles. The minimum Gasteiger partial charge on any atom is -0.380 e. The van der Waals surface area contributed by atoms with Crippen molar-refractivity contribution in [3.05, 3.63) is 46.8 Å². The highest BCUT2D eigenvalue weighted by molar-refractivity contribution is 6.33. The number of ether oxygens (including phenoxy) is 1. The third-order valence-electron chi connectivity index (χ3n) is 5.90. The Kier molecular flexibility index (Phi) is 8.04. The van der Waals surface area contributed by atoms with Crippen LogP contribution in [0.25, 0.3) is 0 Å². The van der Waals surface area contributed by atoms with E-state index in [1.807, 2.05) is 6.92 Å². The van der Waals surface area contributed by atoms with Gasteiger partial charge in [-0.2, -0.15) is 0 Å². The van der Waals surface area contributed by atoms with Crippen molar-refractivity contribution < 1.29 is 23.5 Å². The van der Waals surface area contributed by atoms with Crippen molar-refractivity contribution in [1.82, 2.24) is 14.9 Å². The van der Waals surface area contributed by atoms with E-state index in [4.69, 9.17) is 22.1 Å². The van der Waals surface area contributed by atoms with Crippen molar-refractivity contribution in [2.24, 2.45) is 11.7 Å². The van der Waals surface area contributed by atoms with E-state index in [-0.39, 0.29) is 40.4 Å². The van der Waals surface area contributed by atoms with E-state index < -0.39 is 17.6 Å². The summed E-state index contributed by atoms with van der Waals surface area (Å²) in [7, 11) is 1.56. The van der Waals surface area contributed by atoms with Crippen LogP contribution in [0.1, 0.15) is 53.6 Å². The van der Waals surface area contributed by atoms with Crippen LogP contribution in [0, 0.1) is 11.7 Å². The Labute approximate surface area is 195 Å². The number of benzene rings is 1.